The van der Waals surface area contributed by atoms with Crippen LogP contribution in [-0.2, 0) is 9.53 Å². The Morgan fingerprint density at radius 3 is 2.85 bits per heavy atom. The van der Waals surface area contributed by atoms with E-state index in [2.05, 4.69) is 10.3 Å². The molecule has 0 unspecified atom stereocenters. The second-order valence-corrected chi connectivity index (χ2v) is 7.31. The number of piperidine rings is 1. The van der Waals surface area contributed by atoms with Crippen molar-refractivity contribution in [1.82, 2.24) is 14.8 Å². The summed E-state index contributed by atoms with van der Waals surface area (Å²) in [7, 11) is 3.47. The summed E-state index contributed by atoms with van der Waals surface area (Å²) >= 11 is 0. The summed E-state index contributed by atoms with van der Waals surface area (Å²) in [6.07, 6.45) is 4.91. The van der Waals surface area contributed by atoms with E-state index in [1.54, 1.807) is 32.5 Å². The molecule has 2 fully saturated rings. The van der Waals surface area contributed by atoms with E-state index >= 15 is 0 Å². The van der Waals surface area contributed by atoms with Crippen LogP contribution >= 0.6 is 0 Å². The second kappa shape index (κ2) is 8.03. The van der Waals surface area contributed by atoms with Crippen LogP contribution in [-0.4, -0.2) is 73.5 Å². The minimum absolute atomic E-state index is 0.0370. The van der Waals surface area contributed by atoms with E-state index in [4.69, 9.17) is 4.74 Å². The molecule has 0 aromatic carbocycles. The predicted octanol–water partition coefficient (Wildman–Crippen LogP) is 1.61. The number of hydrogen-bond acceptors (Lipinski definition) is 5. The number of ether oxygens (including phenoxy) is 1. The Bertz CT molecular complexity index is 656. The number of rotatable bonds is 6. The van der Waals surface area contributed by atoms with Gasteiger partial charge in [-0.05, 0) is 31.4 Å². The fourth-order valence-electron chi connectivity index (χ4n) is 3.99. The van der Waals surface area contributed by atoms with Crippen molar-refractivity contribution in [3.05, 3.63) is 23.9 Å². The number of anilines is 1. The molecule has 26 heavy (non-hydrogen) atoms. The van der Waals surface area contributed by atoms with Gasteiger partial charge < -0.3 is 19.9 Å². The van der Waals surface area contributed by atoms with E-state index in [1.807, 2.05) is 9.80 Å². The molecule has 7 nitrogen and oxygen atoms in total. The van der Waals surface area contributed by atoms with E-state index < -0.39 is 0 Å². The van der Waals surface area contributed by atoms with Gasteiger partial charge in [0, 0.05) is 70.5 Å². The van der Waals surface area contributed by atoms with Crippen LogP contribution in [0.5, 0.6) is 0 Å². The quantitative estimate of drug-likeness (QED) is 0.780. The van der Waals surface area contributed by atoms with Gasteiger partial charge in [0.25, 0.3) is 5.91 Å². The molecule has 1 spiro atoms. The van der Waals surface area contributed by atoms with E-state index in [0.29, 0.717) is 37.5 Å². The van der Waals surface area contributed by atoms with Crippen molar-refractivity contribution in [3.8, 4) is 0 Å². The topological polar surface area (TPSA) is 74.8 Å². The smallest absolute Gasteiger partial charge is 0.254 e. The number of aromatic nitrogens is 1. The largest absolute Gasteiger partial charge is 0.385 e. The third-order valence-corrected chi connectivity index (χ3v) is 5.56. The first-order valence-corrected chi connectivity index (χ1v) is 9.27. The first kappa shape index (κ1) is 18.6. The number of pyridine rings is 1. The van der Waals surface area contributed by atoms with Crippen LogP contribution in [0.25, 0.3) is 0 Å². The number of carbonyl (C=O) groups is 2. The number of amides is 2. The second-order valence-electron chi connectivity index (χ2n) is 7.31. The number of nitrogens with zero attached hydrogens (tertiary/aromatic N) is 3. The minimum Gasteiger partial charge on any atom is -0.385 e. The third-order valence-electron chi connectivity index (χ3n) is 5.56. The number of hydrogen-bond donors (Lipinski definition) is 1. The number of nitrogens with one attached hydrogen (secondary N) is 1. The highest BCUT2D eigenvalue weighted by Gasteiger charge is 2.45. The average Bonchev–Trinajstić information content (AvgIpc) is 2.97. The lowest BCUT2D eigenvalue weighted by molar-refractivity contribution is -0.128. The molecule has 0 saturated carbocycles. The Labute approximate surface area is 154 Å². The Balaban J connectivity index is 1.57. The molecule has 1 aromatic rings. The van der Waals surface area contributed by atoms with E-state index in [0.717, 1.165) is 32.4 Å². The zero-order valence-corrected chi connectivity index (χ0v) is 15.7. The molecule has 2 aliphatic rings. The molecule has 2 amide bonds. The fourth-order valence-corrected chi connectivity index (χ4v) is 3.99. The van der Waals surface area contributed by atoms with Crippen LogP contribution in [0.2, 0.25) is 0 Å². The van der Waals surface area contributed by atoms with Crippen LogP contribution in [0.1, 0.15) is 36.0 Å². The van der Waals surface area contributed by atoms with Gasteiger partial charge in [0.15, 0.2) is 0 Å². The van der Waals surface area contributed by atoms with Crippen molar-refractivity contribution >= 4 is 17.6 Å². The predicted molar refractivity (Wildman–Crippen MR) is 99.0 cm³/mol. The molecule has 1 N–H and O–H groups in total. The van der Waals surface area contributed by atoms with Gasteiger partial charge in [0.2, 0.25) is 5.91 Å². The van der Waals surface area contributed by atoms with E-state index in [9.17, 15) is 9.59 Å². The molecule has 0 radical (unpaired) electrons. The lowest BCUT2D eigenvalue weighted by Gasteiger charge is -2.38. The first-order valence-electron chi connectivity index (χ1n) is 9.27. The molecular formula is C19H28N4O3. The third kappa shape index (κ3) is 3.98. The highest BCUT2D eigenvalue weighted by molar-refractivity contribution is 5.95. The average molecular weight is 360 g/mol. The van der Waals surface area contributed by atoms with Crippen LogP contribution in [0.15, 0.2) is 18.3 Å². The zero-order chi connectivity index (χ0) is 18.6. The van der Waals surface area contributed by atoms with Gasteiger partial charge in [-0.2, -0.15) is 0 Å². The van der Waals surface area contributed by atoms with Gasteiger partial charge in [-0.3, -0.25) is 9.59 Å². The molecule has 1 aromatic heterocycles. The molecule has 142 valence electrons. The highest BCUT2D eigenvalue weighted by atomic mass is 16.5. The SMILES string of the molecule is CNc1cc(C(=O)N2CCC3(CC2)CC(=O)N(CCCOC)C3)ccn1. The van der Waals surface area contributed by atoms with Crippen LogP contribution in [0.3, 0.4) is 0 Å². The zero-order valence-electron chi connectivity index (χ0n) is 15.7. The van der Waals surface area contributed by atoms with E-state index in [1.165, 1.54) is 0 Å². The summed E-state index contributed by atoms with van der Waals surface area (Å²) in [6, 6.07) is 3.54. The molecule has 0 bridgehead atoms. The summed E-state index contributed by atoms with van der Waals surface area (Å²) in [4.78, 5) is 33.1. The maximum absolute atomic E-state index is 12.8. The van der Waals surface area contributed by atoms with Crippen molar-refractivity contribution < 1.29 is 14.3 Å². The molecule has 7 heteroatoms. The van der Waals surface area contributed by atoms with Gasteiger partial charge in [-0.25, -0.2) is 4.98 Å². The standard InChI is InChI=1S/C19H28N4O3/c1-20-16-12-15(4-7-21-16)18(25)22-9-5-19(6-10-22)13-17(24)23(14-19)8-3-11-26-2/h4,7,12H,3,5-6,8-11,13-14H2,1-2H3,(H,20,21). The van der Waals surface area contributed by atoms with Gasteiger partial charge >= 0.3 is 0 Å². The van der Waals surface area contributed by atoms with E-state index in [-0.39, 0.29) is 17.2 Å². The molecule has 2 aliphatic heterocycles. The van der Waals surface area contributed by atoms with Crippen LogP contribution in [0, 0.1) is 5.41 Å². The van der Waals surface area contributed by atoms with Gasteiger partial charge in [-0.1, -0.05) is 0 Å². The highest BCUT2D eigenvalue weighted by Crippen LogP contribution is 2.41. The molecule has 3 rings (SSSR count). The molecule has 2 saturated heterocycles. The van der Waals surface area contributed by atoms with Crippen molar-refractivity contribution in [1.29, 1.82) is 0 Å². The normalized spacial score (nSPS) is 19.2. The van der Waals surface area contributed by atoms with Gasteiger partial charge in [-0.15, -0.1) is 0 Å². The Kier molecular flexibility index (Phi) is 5.76. The Morgan fingerprint density at radius 2 is 2.15 bits per heavy atom. The number of likely N-dealkylation sites (tertiary alicyclic amines) is 2. The molecule has 0 aliphatic carbocycles. The minimum atomic E-state index is 0.0370. The van der Waals surface area contributed by atoms with Crippen molar-refractivity contribution in [2.45, 2.75) is 25.7 Å². The molecular weight excluding hydrogens is 332 g/mol. The Morgan fingerprint density at radius 1 is 1.38 bits per heavy atom. The lowest BCUT2D eigenvalue weighted by Crippen LogP contribution is -2.44. The molecule has 3 heterocycles. The summed E-state index contributed by atoms with van der Waals surface area (Å²) < 4.78 is 5.08. The van der Waals surface area contributed by atoms with Crippen LogP contribution < -0.4 is 5.32 Å². The monoisotopic (exact) mass is 360 g/mol. The summed E-state index contributed by atoms with van der Waals surface area (Å²) in [5.74, 6) is 0.978. The summed E-state index contributed by atoms with van der Waals surface area (Å²) in [5.41, 5.74) is 0.693. The maximum atomic E-state index is 12.8. The van der Waals surface area contributed by atoms with Crippen molar-refractivity contribution in [2.75, 3.05) is 52.3 Å². The lowest BCUT2D eigenvalue weighted by atomic mass is 9.77. The first-order chi connectivity index (χ1) is 12.6. The number of carbonyl (C=O) groups excluding carboxylic acids is 2. The van der Waals surface area contributed by atoms with Gasteiger partial charge in [0.1, 0.15) is 5.82 Å². The van der Waals surface area contributed by atoms with Gasteiger partial charge in [0.05, 0.1) is 0 Å². The fraction of sp³-hybridized carbons (Fsp3) is 0.632. The van der Waals surface area contributed by atoms with Crippen molar-refractivity contribution in [3.63, 3.8) is 0 Å². The molecule has 0 atom stereocenters. The summed E-state index contributed by atoms with van der Waals surface area (Å²) in [5, 5.41) is 2.96. The number of methoxy groups -OCH3 is 1. The Hall–Kier alpha value is -2.15. The maximum Gasteiger partial charge on any atom is 0.254 e. The summed E-state index contributed by atoms with van der Waals surface area (Å²) in [6.45, 7) is 3.67. The van der Waals surface area contributed by atoms with Crippen molar-refractivity contribution in [2.24, 2.45) is 5.41 Å². The van der Waals surface area contributed by atoms with Crippen LogP contribution in [0.4, 0.5) is 5.82 Å².